The van der Waals surface area contributed by atoms with Gasteiger partial charge in [0.2, 0.25) is 0 Å². The molecule has 88 valence electrons. The van der Waals surface area contributed by atoms with E-state index in [2.05, 4.69) is 5.32 Å². The first kappa shape index (κ1) is 12.4. The molecule has 7 nitrogen and oxygen atoms in total. The second-order valence-corrected chi connectivity index (χ2v) is 3.28. The highest BCUT2D eigenvalue weighted by Gasteiger charge is 2.12. The van der Waals surface area contributed by atoms with Crippen LogP contribution in [0.1, 0.15) is 12.5 Å². The number of nitriles is 1. The van der Waals surface area contributed by atoms with E-state index in [-0.39, 0.29) is 16.9 Å². The molecule has 7 heteroatoms. The zero-order chi connectivity index (χ0) is 13.0. The summed E-state index contributed by atoms with van der Waals surface area (Å²) >= 11 is 0. The zero-order valence-electron chi connectivity index (χ0n) is 8.84. The fourth-order valence-electron chi connectivity index (χ4n) is 1.16. The lowest BCUT2D eigenvalue weighted by atomic mass is 10.1. The highest BCUT2D eigenvalue weighted by molar-refractivity contribution is 5.76. The number of hydrogen-bond acceptors (Lipinski definition) is 6. The minimum Gasteiger partial charge on any atom is -0.548 e. The average molecular weight is 234 g/mol. The smallest absolute Gasteiger partial charge is 0.270 e. The third-order valence-corrected chi connectivity index (χ3v) is 2.06. The molecule has 0 radical (unpaired) electrons. The maximum atomic E-state index is 10.5. The Morgan fingerprint density at radius 2 is 2.24 bits per heavy atom. The summed E-state index contributed by atoms with van der Waals surface area (Å²) in [6.45, 7) is 1.35. The van der Waals surface area contributed by atoms with E-state index in [1.807, 2.05) is 0 Å². The SMILES string of the molecule is C[C@H](Nc1ccc([N+](=O)[O-])cc1C#N)C(=O)[O-]. The van der Waals surface area contributed by atoms with Crippen LogP contribution in [0.15, 0.2) is 18.2 Å². The molecule has 0 heterocycles. The predicted octanol–water partition coefficient (Wildman–Crippen LogP) is 0.0168. The van der Waals surface area contributed by atoms with E-state index in [0.717, 1.165) is 6.07 Å². The van der Waals surface area contributed by atoms with Crippen LogP contribution < -0.4 is 10.4 Å². The minimum absolute atomic E-state index is 0.00676. The van der Waals surface area contributed by atoms with Crippen LogP contribution in [0.3, 0.4) is 0 Å². The number of non-ortho nitro benzene ring substituents is 1. The van der Waals surface area contributed by atoms with Gasteiger partial charge in [-0.2, -0.15) is 5.26 Å². The first-order valence-corrected chi connectivity index (χ1v) is 4.61. The van der Waals surface area contributed by atoms with Crippen LogP contribution in [0.2, 0.25) is 0 Å². The van der Waals surface area contributed by atoms with E-state index in [9.17, 15) is 20.0 Å². The maximum absolute atomic E-state index is 10.5. The normalized spacial score (nSPS) is 11.3. The Kier molecular flexibility index (Phi) is 3.62. The Morgan fingerprint density at radius 3 is 2.71 bits per heavy atom. The Morgan fingerprint density at radius 1 is 1.59 bits per heavy atom. The number of benzene rings is 1. The number of anilines is 1. The predicted molar refractivity (Wildman–Crippen MR) is 55.9 cm³/mol. The Labute approximate surface area is 96.4 Å². The first-order chi connectivity index (χ1) is 7.95. The molecule has 0 spiro atoms. The number of hydrogen-bond donors (Lipinski definition) is 1. The molecule has 1 N–H and O–H groups in total. The second kappa shape index (κ2) is 4.94. The summed E-state index contributed by atoms with van der Waals surface area (Å²) in [6.07, 6.45) is 0. The summed E-state index contributed by atoms with van der Waals surface area (Å²) in [6, 6.07) is 4.31. The van der Waals surface area contributed by atoms with Gasteiger partial charge in [0.15, 0.2) is 0 Å². The van der Waals surface area contributed by atoms with Gasteiger partial charge >= 0.3 is 0 Å². The van der Waals surface area contributed by atoms with E-state index in [4.69, 9.17) is 5.26 Å². The van der Waals surface area contributed by atoms with Crippen molar-refractivity contribution in [3.05, 3.63) is 33.9 Å². The van der Waals surface area contributed by atoms with Gasteiger partial charge < -0.3 is 15.2 Å². The lowest BCUT2D eigenvalue weighted by molar-refractivity contribution is -0.384. The fourth-order valence-corrected chi connectivity index (χ4v) is 1.16. The molecule has 17 heavy (non-hydrogen) atoms. The molecule has 0 fully saturated rings. The van der Waals surface area contributed by atoms with Crippen LogP contribution in [-0.4, -0.2) is 16.9 Å². The molecular weight excluding hydrogens is 226 g/mol. The van der Waals surface area contributed by atoms with Gasteiger partial charge in [-0.05, 0) is 13.0 Å². The van der Waals surface area contributed by atoms with Crippen molar-refractivity contribution < 1.29 is 14.8 Å². The number of nitro groups is 1. The standard InChI is InChI=1S/C10H9N3O4/c1-6(10(14)15)12-9-3-2-8(13(16)17)4-7(9)5-11/h2-4,6,12H,1H3,(H,14,15)/p-1/t6-/m0/s1. The number of carboxylic acid groups (broad SMARTS) is 1. The molecule has 0 aliphatic heterocycles. The number of aliphatic carboxylic acids is 1. The second-order valence-electron chi connectivity index (χ2n) is 3.28. The van der Waals surface area contributed by atoms with E-state index < -0.39 is 16.9 Å². The van der Waals surface area contributed by atoms with Crippen LogP contribution in [0.5, 0.6) is 0 Å². The van der Waals surface area contributed by atoms with Crippen molar-refractivity contribution >= 4 is 17.3 Å². The van der Waals surface area contributed by atoms with Crippen molar-refractivity contribution in [1.29, 1.82) is 5.26 Å². The molecule has 0 saturated heterocycles. The summed E-state index contributed by atoms with van der Waals surface area (Å²) in [7, 11) is 0. The third-order valence-electron chi connectivity index (χ3n) is 2.06. The molecule has 0 bridgehead atoms. The number of nitrogens with one attached hydrogen (secondary N) is 1. The highest BCUT2D eigenvalue weighted by Crippen LogP contribution is 2.21. The van der Waals surface area contributed by atoms with E-state index in [1.54, 1.807) is 6.07 Å². The molecular formula is C10H8N3O4-. The zero-order valence-corrected chi connectivity index (χ0v) is 8.84. The first-order valence-electron chi connectivity index (χ1n) is 4.61. The van der Waals surface area contributed by atoms with Gasteiger partial charge in [-0.25, -0.2) is 0 Å². The van der Waals surface area contributed by atoms with Gasteiger partial charge in [-0.3, -0.25) is 10.1 Å². The molecule has 0 aliphatic carbocycles. The third kappa shape index (κ3) is 2.92. The molecule has 0 unspecified atom stereocenters. The van der Waals surface area contributed by atoms with Crippen molar-refractivity contribution in [3.8, 4) is 6.07 Å². The Bertz CT molecular complexity index is 507. The van der Waals surface area contributed by atoms with Crippen LogP contribution in [-0.2, 0) is 4.79 Å². The maximum Gasteiger partial charge on any atom is 0.270 e. The summed E-state index contributed by atoms with van der Waals surface area (Å²) < 4.78 is 0. The number of carbonyl (C=O) groups is 1. The van der Waals surface area contributed by atoms with E-state index in [0.29, 0.717) is 0 Å². The van der Waals surface area contributed by atoms with Crippen molar-refractivity contribution in [2.75, 3.05) is 5.32 Å². The van der Waals surface area contributed by atoms with Gasteiger partial charge in [-0.1, -0.05) is 0 Å². The monoisotopic (exact) mass is 234 g/mol. The summed E-state index contributed by atoms with van der Waals surface area (Å²) in [5.74, 6) is -1.33. The average Bonchev–Trinajstić information content (AvgIpc) is 2.28. The summed E-state index contributed by atoms with van der Waals surface area (Å²) in [4.78, 5) is 20.4. The molecule has 0 amide bonds. The topological polar surface area (TPSA) is 119 Å². The number of rotatable bonds is 4. The Hall–Kier alpha value is -2.62. The Balaban J connectivity index is 3.06. The molecule has 1 aromatic rings. The van der Waals surface area contributed by atoms with Gasteiger partial charge in [0.1, 0.15) is 6.07 Å². The van der Waals surface area contributed by atoms with Crippen LogP contribution in [0, 0.1) is 21.4 Å². The molecule has 1 rings (SSSR count). The van der Waals surface area contributed by atoms with Crippen molar-refractivity contribution in [3.63, 3.8) is 0 Å². The summed E-state index contributed by atoms with van der Waals surface area (Å²) in [5.41, 5.74) is -0.00435. The van der Waals surface area contributed by atoms with Crippen molar-refractivity contribution in [1.82, 2.24) is 0 Å². The van der Waals surface area contributed by atoms with Crippen LogP contribution in [0.25, 0.3) is 0 Å². The van der Waals surface area contributed by atoms with E-state index >= 15 is 0 Å². The molecule has 1 atom stereocenters. The number of nitro benzene ring substituents is 1. The number of carbonyl (C=O) groups excluding carboxylic acids is 1. The molecule has 1 aromatic carbocycles. The van der Waals surface area contributed by atoms with Gasteiger partial charge in [0, 0.05) is 12.1 Å². The number of nitrogens with zero attached hydrogens (tertiary/aromatic N) is 2. The number of carboxylic acids is 1. The molecule has 0 aromatic heterocycles. The van der Waals surface area contributed by atoms with Gasteiger partial charge in [0.25, 0.3) is 5.69 Å². The summed E-state index contributed by atoms with van der Waals surface area (Å²) in [5, 5.41) is 32.3. The van der Waals surface area contributed by atoms with Gasteiger partial charge in [-0.15, -0.1) is 0 Å². The molecule has 0 aliphatic rings. The van der Waals surface area contributed by atoms with Crippen LogP contribution >= 0.6 is 0 Å². The minimum atomic E-state index is -1.33. The quantitative estimate of drug-likeness (QED) is 0.579. The highest BCUT2D eigenvalue weighted by atomic mass is 16.6. The fraction of sp³-hybridized carbons (Fsp3) is 0.200. The van der Waals surface area contributed by atoms with E-state index in [1.165, 1.54) is 19.1 Å². The lowest BCUT2D eigenvalue weighted by Gasteiger charge is -2.16. The van der Waals surface area contributed by atoms with Crippen LogP contribution in [0.4, 0.5) is 11.4 Å². The lowest BCUT2D eigenvalue weighted by Crippen LogP contribution is -2.38. The van der Waals surface area contributed by atoms with Crippen molar-refractivity contribution in [2.24, 2.45) is 0 Å². The molecule has 0 saturated carbocycles. The largest absolute Gasteiger partial charge is 0.548 e. The van der Waals surface area contributed by atoms with Crippen molar-refractivity contribution in [2.45, 2.75) is 13.0 Å². The van der Waals surface area contributed by atoms with Gasteiger partial charge in [0.05, 0.1) is 28.2 Å².